The number of benzene rings is 2. The fourth-order valence-electron chi connectivity index (χ4n) is 2.77. The van der Waals surface area contributed by atoms with Gasteiger partial charge in [0.2, 0.25) is 0 Å². The third kappa shape index (κ3) is 2.31. The van der Waals surface area contributed by atoms with Gasteiger partial charge in [-0.05, 0) is 42.7 Å². The summed E-state index contributed by atoms with van der Waals surface area (Å²) < 4.78 is 13.3. The van der Waals surface area contributed by atoms with E-state index in [2.05, 4.69) is 17.0 Å². The first-order valence-corrected chi connectivity index (χ1v) is 6.77. The minimum Gasteiger partial charge on any atom is -0.366 e. The number of halogens is 1. The van der Waals surface area contributed by atoms with Crippen molar-refractivity contribution in [2.45, 2.75) is 19.9 Å². The zero-order chi connectivity index (χ0) is 14.1. The van der Waals surface area contributed by atoms with Gasteiger partial charge in [-0.3, -0.25) is 4.79 Å². The van der Waals surface area contributed by atoms with Crippen LogP contribution in [0.15, 0.2) is 42.5 Å². The molecule has 2 aromatic rings. The molecule has 1 heterocycles. The molecule has 0 unspecified atom stereocenters. The highest BCUT2D eigenvalue weighted by Gasteiger charge is 2.20. The normalized spacial score (nSPS) is 14.0. The van der Waals surface area contributed by atoms with Gasteiger partial charge in [-0.2, -0.15) is 0 Å². The molecule has 20 heavy (non-hydrogen) atoms. The molecule has 0 saturated heterocycles. The Morgan fingerprint density at radius 1 is 1.15 bits per heavy atom. The van der Waals surface area contributed by atoms with Crippen LogP contribution in [0.1, 0.15) is 28.4 Å². The molecule has 102 valence electrons. The number of anilines is 1. The number of hydrogen-bond donors (Lipinski definition) is 0. The second kappa shape index (κ2) is 5.08. The van der Waals surface area contributed by atoms with Crippen LogP contribution in [0.25, 0.3) is 0 Å². The van der Waals surface area contributed by atoms with Gasteiger partial charge in [0.05, 0.1) is 0 Å². The first-order valence-electron chi connectivity index (χ1n) is 6.77. The third-order valence-corrected chi connectivity index (χ3v) is 3.81. The van der Waals surface area contributed by atoms with Crippen LogP contribution in [0.5, 0.6) is 0 Å². The van der Waals surface area contributed by atoms with Crippen LogP contribution in [0, 0.1) is 5.82 Å². The van der Waals surface area contributed by atoms with E-state index in [4.69, 9.17) is 0 Å². The quantitative estimate of drug-likeness (QED) is 0.776. The SMILES string of the molecule is CC(=O)c1cc(F)ccc1N1CCc2ccccc2C1. The summed E-state index contributed by atoms with van der Waals surface area (Å²) in [6.07, 6.45) is 0.949. The zero-order valence-electron chi connectivity index (χ0n) is 11.4. The van der Waals surface area contributed by atoms with Gasteiger partial charge in [0.15, 0.2) is 5.78 Å². The Bertz CT molecular complexity index is 666. The monoisotopic (exact) mass is 269 g/mol. The number of Topliss-reactive ketones (excluding diaryl/α,β-unsaturated/α-hetero) is 1. The van der Waals surface area contributed by atoms with E-state index in [1.165, 1.54) is 30.2 Å². The Morgan fingerprint density at radius 3 is 2.65 bits per heavy atom. The van der Waals surface area contributed by atoms with E-state index in [1.807, 2.05) is 12.1 Å². The van der Waals surface area contributed by atoms with Crippen LogP contribution in [-0.2, 0) is 13.0 Å². The van der Waals surface area contributed by atoms with E-state index in [-0.39, 0.29) is 11.6 Å². The number of ketones is 1. The summed E-state index contributed by atoms with van der Waals surface area (Å²) >= 11 is 0. The second-order valence-electron chi connectivity index (χ2n) is 5.16. The number of rotatable bonds is 2. The van der Waals surface area contributed by atoms with Crippen LogP contribution >= 0.6 is 0 Å². The Balaban J connectivity index is 1.97. The lowest BCUT2D eigenvalue weighted by molar-refractivity contribution is 0.101. The lowest BCUT2D eigenvalue weighted by atomic mass is 9.98. The molecule has 3 rings (SSSR count). The third-order valence-electron chi connectivity index (χ3n) is 3.81. The fourth-order valence-corrected chi connectivity index (χ4v) is 2.77. The molecule has 0 saturated carbocycles. The largest absolute Gasteiger partial charge is 0.366 e. The number of hydrogen-bond acceptors (Lipinski definition) is 2. The number of nitrogens with zero attached hydrogens (tertiary/aromatic N) is 1. The molecule has 0 aliphatic carbocycles. The van der Waals surface area contributed by atoms with Gasteiger partial charge >= 0.3 is 0 Å². The highest BCUT2D eigenvalue weighted by atomic mass is 19.1. The van der Waals surface area contributed by atoms with Gasteiger partial charge in [0.1, 0.15) is 5.82 Å². The summed E-state index contributed by atoms with van der Waals surface area (Å²) in [7, 11) is 0. The molecule has 1 aliphatic rings. The van der Waals surface area contributed by atoms with Crippen molar-refractivity contribution in [3.63, 3.8) is 0 Å². The average molecular weight is 269 g/mol. The van der Waals surface area contributed by atoms with E-state index < -0.39 is 0 Å². The van der Waals surface area contributed by atoms with Crippen LogP contribution in [0.4, 0.5) is 10.1 Å². The molecule has 0 spiro atoms. The molecule has 0 N–H and O–H groups in total. The molecule has 0 bridgehead atoms. The van der Waals surface area contributed by atoms with Gasteiger partial charge < -0.3 is 4.90 Å². The van der Waals surface area contributed by atoms with Crippen molar-refractivity contribution in [3.05, 3.63) is 65.0 Å². The van der Waals surface area contributed by atoms with Crippen molar-refractivity contribution in [1.29, 1.82) is 0 Å². The van der Waals surface area contributed by atoms with E-state index >= 15 is 0 Å². The maximum atomic E-state index is 13.3. The Morgan fingerprint density at radius 2 is 1.90 bits per heavy atom. The predicted molar refractivity (Wildman–Crippen MR) is 77.6 cm³/mol. The summed E-state index contributed by atoms with van der Waals surface area (Å²) in [6, 6.07) is 12.8. The van der Waals surface area contributed by atoms with Gasteiger partial charge in [0, 0.05) is 24.3 Å². The topological polar surface area (TPSA) is 20.3 Å². The maximum Gasteiger partial charge on any atom is 0.161 e. The van der Waals surface area contributed by atoms with Crippen LogP contribution in [-0.4, -0.2) is 12.3 Å². The molecule has 1 aliphatic heterocycles. The van der Waals surface area contributed by atoms with Crippen LogP contribution in [0.2, 0.25) is 0 Å². The van der Waals surface area contributed by atoms with E-state index in [1.54, 1.807) is 6.07 Å². The number of carbonyl (C=O) groups is 1. The van der Waals surface area contributed by atoms with Gasteiger partial charge in [0.25, 0.3) is 0 Å². The number of fused-ring (bicyclic) bond motifs is 1. The molecule has 0 radical (unpaired) electrons. The van der Waals surface area contributed by atoms with Gasteiger partial charge in [-0.1, -0.05) is 24.3 Å². The molecule has 0 fully saturated rings. The average Bonchev–Trinajstić information content (AvgIpc) is 2.46. The maximum absolute atomic E-state index is 13.3. The van der Waals surface area contributed by atoms with E-state index in [0.717, 1.165) is 25.2 Å². The molecular formula is C17H16FNO. The molecule has 0 atom stereocenters. The first-order chi connectivity index (χ1) is 9.65. The van der Waals surface area contributed by atoms with Gasteiger partial charge in [-0.15, -0.1) is 0 Å². The Hall–Kier alpha value is -2.16. The lowest BCUT2D eigenvalue weighted by Gasteiger charge is -2.31. The minimum absolute atomic E-state index is 0.0987. The minimum atomic E-state index is -0.364. The van der Waals surface area contributed by atoms with E-state index in [0.29, 0.717) is 5.56 Å². The van der Waals surface area contributed by atoms with Crippen molar-refractivity contribution in [2.24, 2.45) is 0 Å². The fraction of sp³-hybridized carbons (Fsp3) is 0.235. The molecule has 3 heteroatoms. The van der Waals surface area contributed by atoms with Crippen LogP contribution in [0.3, 0.4) is 0 Å². The summed E-state index contributed by atoms with van der Waals surface area (Å²) in [4.78, 5) is 13.9. The first kappa shape index (κ1) is 12.9. The molecular weight excluding hydrogens is 253 g/mol. The summed E-state index contributed by atoms with van der Waals surface area (Å²) in [5, 5.41) is 0. The second-order valence-corrected chi connectivity index (χ2v) is 5.16. The van der Waals surface area contributed by atoms with Gasteiger partial charge in [-0.25, -0.2) is 4.39 Å². The predicted octanol–water partition coefficient (Wildman–Crippen LogP) is 3.59. The Kier molecular flexibility index (Phi) is 3.26. The summed E-state index contributed by atoms with van der Waals surface area (Å²) in [5.74, 6) is -0.463. The highest BCUT2D eigenvalue weighted by Crippen LogP contribution is 2.28. The number of carbonyl (C=O) groups excluding carboxylic acids is 1. The van der Waals surface area contributed by atoms with Crippen LogP contribution < -0.4 is 4.90 Å². The highest BCUT2D eigenvalue weighted by molar-refractivity contribution is 5.99. The van der Waals surface area contributed by atoms with Crippen molar-refractivity contribution in [3.8, 4) is 0 Å². The lowest BCUT2D eigenvalue weighted by Crippen LogP contribution is -2.31. The molecule has 2 nitrogen and oxygen atoms in total. The summed E-state index contributed by atoms with van der Waals surface area (Å²) in [6.45, 7) is 3.10. The smallest absolute Gasteiger partial charge is 0.161 e. The van der Waals surface area contributed by atoms with Crippen molar-refractivity contribution in [2.75, 3.05) is 11.4 Å². The summed E-state index contributed by atoms with van der Waals surface area (Å²) in [5.41, 5.74) is 3.92. The van der Waals surface area contributed by atoms with E-state index in [9.17, 15) is 9.18 Å². The standard InChI is InChI=1S/C17H16FNO/c1-12(20)16-10-15(18)6-7-17(16)19-9-8-13-4-2-3-5-14(13)11-19/h2-7,10H,8-9,11H2,1H3. The van der Waals surface area contributed by atoms with Crippen molar-refractivity contribution in [1.82, 2.24) is 0 Å². The Labute approximate surface area is 117 Å². The zero-order valence-corrected chi connectivity index (χ0v) is 11.4. The molecule has 0 amide bonds. The van der Waals surface area contributed by atoms with Crippen molar-refractivity contribution >= 4 is 11.5 Å². The molecule has 2 aromatic carbocycles. The molecule has 0 aromatic heterocycles. The van der Waals surface area contributed by atoms with Crippen molar-refractivity contribution < 1.29 is 9.18 Å².